The van der Waals surface area contributed by atoms with Crippen molar-refractivity contribution in [1.29, 1.82) is 0 Å². The molecule has 2 heterocycles. The third kappa shape index (κ3) is 2.92. The summed E-state index contributed by atoms with van der Waals surface area (Å²) in [5, 5.41) is 4.06. The van der Waals surface area contributed by atoms with Crippen molar-refractivity contribution in [3.8, 4) is 23.1 Å². The molecule has 24 heavy (non-hydrogen) atoms. The second-order valence-corrected chi connectivity index (χ2v) is 6.32. The molecule has 0 bridgehead atoms. The van der Waals surface area contributed by atoms with Gasteiger partial charge in [0.2, 0.25) is 0 Å². The molecule has 2 nitrogen and oxygen atoms in total. The van der Waals surface area contributed by atoms with Gasteiger partial charge < -0.3 is 0 Å². The molecule has 0 unspecified atom stereocenters. The molecule has 0 atom stereocenters. The van der Waals surface area contributed by atoms with E-state index in [1.807, 2.05) is 41.1 Å². The Labute approximate surface area is 144 Å². The topological polar surface area (TPSA) is 25.8 Å². The van der Waals surface area contributed by atoms with Crippen LogP contribution < -0.4 is 0 Å². The summed E-state index contributed by atoms with van der Waals surface area (Å²) in [7, 11) is 0. The molecule has 0 saturated heterocycles. The second-order valence-electron chi connectivity index (χ2n) is 5.54. The summed E-state index contributed by atoms with van der Waals surface area (Å²) in [5.74, 6) is 6.39. The number of para-hydroxylation sites is 2. The van der Waals surface area contributed by atoms with Gasteiger partial charge in [-0.15, -0.1) is 0 Å². The first-order valence-corrected chi connectivity index (χ1v) is 8.62. The van der Waals surface area contributed by atoms with E-state index < -0.39 is 0 Å². The minimum atomic E-state index is 0.712. The van der Waals surface area contributed by atoms with Crippen LogP contribution in [-0.2, 0) is 0 Å². The molecule has 2 aromatic heterocycles. The lowest BCUT2D eigenvalue weighted by atomic mass is 10.1. The average molecular weight is 326 g/mol. The molecule has 0 radical (unpaired) electrons. The predicted molar refractivity (Wildman–Crippen MR) is 100 cm³/mol. The Bertz CT molecular complexity index is 1050. The van der Waals surface area contributed by atoms with Gasteiger partial charge in [-0.1, -0.05) is 47.9 Å². The lowest BCUT2D eigenvalue weighted by Gasteiger charge is -2.06. The van der Waals surface area contributed by atoms with Crippen molar-refractivity contribution in [3.63, 3.8) is 0 Å². The van der Waals surface area contributed by atoms with Gasteiger partial charge in [-0.3, -0.25) is 0 Å². The van der Waals surface area contributed by atoms with E-state index in [0.29, 0.717) is 5.69 Å². The van der Waals surface area contributed by atoms with Crippen LogP contribution in [0.2, 0.25) is 0 Å². The standard InChI is InChI=1S/C21H14N2S/c1-15-6-9-17(10-7-15)21-20(11-8-16-12-13-24-14-16)22-18-4-2-3-5-19(18)23-21/h2-7,9-10,12-14H,1H3. The average Bonchev–Trinajstić information content (AvgIpc) is 3.13. The molecular formula is C21H14N2S. The number of nitrogens with zero attached hydrogens (tertiary/aromatic N) is 2. The van der Waals surface area contributed by atoms with Crippen LogP contribution in [0.4, 0.5) is 0 Å². The second kappa shape index (κ2) is 6.27. The molecule has 0 fully saturated rings. The van der Waals surface area contributed by atoms with Gasteiger partial charge in [-0.05, 0) is 36.4 Å². The lowest BCUT2D eigenvalue weighted by molar-refractivity contribution is 1.26. The molecule has 4 aromatic rings. The SMILES string of the molecule is Cc1ccc(-c2nc3ccccc3nc2C#Cc2ccsc2)cc1. The molecule has 0 amide bonds. The molecule has 0 aliphatic rings. The van der Waals surface area contributed by atoms with Crippen molar-refractivity contribution in [2.45, 2.75) is 6.92 Å². The smallest absolute Gasteiger partial charge is 0.140 e. The third-order valence-corrected chi connectivity index (χ3v) is 4.43. The minimum absolute atomic E-state index is 0.712. The van der Waals surface area contributed by atoms with E-state index in [-0.39, 0.29) is 0 Å². The van der Waals surface area contributed by atoms with Crippen molar-refractivity contribution in [1.82, 2.24) is 9.97 Å². The number of aromatic nitrogens is 2. The molecule has 2 aromatic carbocycles. The highest BCUT2D eigenvalue weighted by Crippen LogP contribution is 2.23. The molecule has 0 N–H and O–H groups in total. The Kier molecular flexibility index (Phi) is 3.82. The maximum Gasteiger partial charge on any atom is 0.140 e. The Morgan fingerprint density at radius 2 is 1.58 bits per heavy atom. The van der Waals surface area contributed by atoms with Gasteiger partial charge in [0, 0.05) is 16.5 Å². The van der Waals surface area contributed by atoms with Crippen molar-refractivity contribution in [3.05, 3.63) is 82.2 Å². The van der Waals surface area contributed by atoms with Crippen molar-refractivity contribution in [2.24, 2.45) is 0 Å². The number of benzene rings is 2. The van der Waals surface area contributed by atoms with E-state index >= 15 is 0 Å². The monoisotopic (exact) mass is 326 g/mol. The molecule has 0 aliphatic heterocycles. The van der Waals surface area contributed by atoms with Crippen molar-refractivity contribution in [2.75, 3.05) is 0 Å². The van der Waals surface area contributed by atoms with Crippen LogP contribution in [0.25, 0.3) is 22.3 Å². The Balaban J connectivity index is 1.92. The largest absolute Gasteiger partial charge is 0.243 e. The van der Waals surface area contributed by atoms with E-state index in [0.717, 1.165) is 27.9 Å². The molecule has 0 saturated carbocycles. The van der Waals surface area contributed by atoms with Crippen LogP contribution >= 0.6 is 11.3 Å². The van der Waals surface area contributed by atoms with Gasteiger partial charge >= 0.3 is 0 Å². The summed E-state index contributed by atoms with van der Waals surface area (Å²) >= 11 is 1.64. The first-order chi connectivity index (χ1) is 11.8. The summed E-state index contributed by atoms with van der Waals surface area (Å²) in [6.45, 7) is 2.08. The molecule has 4 rings (SSSR count). The molecule has 0 spiro atoms. The van der Waals surface area contributed by atoms with E-state index in [2.05, 4.69) is 43.0 Å². The zero-order valence-corrected chi connectivity index (χ0v) is 14.0. The maximum atomic E-state index is 4.81. The van der Waals surface area contributed by atoms with Crippen LogP contribution in [0.3, 0.4) is 0 Å². The fourth-order valence-corrected chi connectivity index (χ4v) is 3.05. The Hall–Kier alpha value is -2.96. The zero-order valence-electron chi connectivity index (χ0n) is 13.2. The summed E-state index contributed by atoms with van der Waals surface area (Å²) in [6, 6.07) is 18.2. The van der Waals surface area contributed by atoms with Crippen LogP contribution in [-0.4, -0.2) is 9.97 Å². The summed E-state index contributed by atoms with van der Waals surface area (Å²) in [4.78, 5) is 9.55. The van der Waals surface area contributed by atoms with Gasteiger partial charge in [0.25, 0.3) is 0 Å². The molecule has 114 valence electrons. The number of aryl methyl sites for hydroxylation is 1. The zero-order chi connectivity index (χ0) is 16.4. The van der Waals surface area contributed by atoms with E-state index in [1.165, 1.54) is 5.56 Å². The van der Waals surface area contributed by atoms with Crippen LogP contribution in [0.15, 0.2) is 65.4 Å². The Morgan fingerprint density at radius 1 is 0.833 bits per heavy atom. The normalized spacial score (nSPS) is 10.4. The van der Waals surface area contributed by atoms with E-state index in [1.54, 1.807) is 11.3 Å². The van der Waals surface area contributed by atoms with Crippen molar-refractivity contribution < 1.29 is 0 Å². The summed E-state index contributed by atoms with van der Waals surface area (Å²) in [5.41, 5.74) is 6.55. The molecule has 0 aliphatic carbocycles. The summed E-state index contributed by atoms with van der Waals surface area (Å²) < 4.78 is 0. The third-order valence-electron chi connectivity index (χ3n) is 3.74. The van der Waals surface area contributed by atoms with E-state index in [9.17, 15) is 0 Å². The van der Waals surface area contributed by atoms with Gasteiger partial charge in [0.1, 0.15) is 11.4 Å². The number of rotatable bonds is 1. The van der Waals surface area contributed by atoms with Gasteiger partial charge in [0.05, 0.1) is 11.0 Å². The highest BCUT2D eigenvalue weighted by Gasteiger charge is 2.09. The van der Waals surface area contributed by atoms with E-state index in [4.69, 9.17) is 9.97 Å². The number of thiophene rings is 1. The van der Waals surface area contributed by atoms with Crippen LogP contribution in [0.5, 0.6) is 0 Å². The molecule has 3 heteroatoms. The quantitative estimate of drug-likeness (QED) is 0.457. The lowest BCUT2D eigenvalue weighted by Crippen LogP contribution is -1.95. The first-order valence-electron chi connectivity index (χ1n) is 7.68. The number of fused-ring (bicyclic) bond motifs is 1. The fourth-order valence-electron chi connectivity index (χ4n) is 2.47. The highest BCUT2D eigenvalue weighted by molar-refractivity contribution is 7.08. The number of hydrogen-bond acceptors (Lipinski definition) is 3. The van der Waals surface area contributed by atoms with Gasteiger partial charge in [0.15, 0.2) is 0 Å². The van der Waals surface area contributed by atoms with Gasteiger partial charge in [-0.2, -0.15) is 11.3 Å². The Morgan fingerprint density at radius 3 is 2.29 bits per heavy atom. The van der Waals surface area contributed by atoms with Crippen molar-refractivity contribution >= 4 is 22.4 Å². The fraction of sp³-hybridized carbons (Fsp3) is 0.0476. The van der Waals surface area contributed by atoms with Gasteiger partial charge in [-0.25, -0.2) is 9.97 Å². The maximum absolute atomic E-state index is 4.81. The summed E-state index contributed by atoms with van der Waals surface area (Å²) in [6.07, 6.45) is 0. The first kappa shape index (κ1) is 14.6. The molecular weight excluding hydrogens is 312 g/mol. The predicted octanol–water partition coefficient (Wildman–Crippen LogP) is 5.07. The number of hydrogen-bond donors (Lipinski definition) is 0. The highest BCUT2D eigenvalue weighted by atomic mass is 32.1. The minimum Gasteiger partial charge on any atom is -0.243 e. The van der Waals surface area contributed by atoms with Crippen LogP contribution in [0, 0.1) is 18.8 Å². The van der Waals surface area contributed by atoms with Crippen LogP contribution in [0.1, 0.15) is 16.8 Å².